The SMILES string of the molecule is CN(C)c1ccc2c(Oc3ccc(NC(=O)NCc4ccc(S(N)(=O)=O)cc4)cc3)ncnc2c1. The third-order valence-corrected chi connectivity index (χ3v) is 6.06. The van der Waals surface area contributed by atoms with Crippen LogP contribution in [0.15, 0.2) is 78.0 Å². The van der Waals surface area contributed by atoms with Gasteiger partial charge in [-0.2, -0.15) is 0 Å². The molecule has 10 nitrogen and oxygen atoms in total. The number of primary sulfonamides is 1. The molecule has 0 spiro atoms. The van der Waals surface area contributed by atoms with Crippen LogP contribution in [0.4, 0.5) is 16.2 Å². The fraction of sp³-hybridized carbons (Fsp3) is 0.125. The highest BCUT2D eigenvalue weighted by Gasteiger charge is 2.10. The third kappa shape index (κ3) is 6.02. The van der Waals surface area contributed by atoms with Crippen LogP contribution < -0.4 is 25.4 Å². The van der Waals surface area contributed by atoms with Crippen molar-refractivity contribution in [2.75, 3.05) is 24.3 Å². The van der Waals surface area contributed by atoms with Gasteiger partial charge in [0.2, 0.25) is 15.9 Å². The predicted molar refractivity (Wildman–Crippen MR) is 134 cm³/mol. The van der Waals surface area contributed by atoms with E-state index in [-0.39, 0.29) is 11.4 Å². The van der Waals surface area contributed by atoms with Gasteiger partial charge in [0.05, 0.1) is 15.8 Å². The van der Waals surface area contributed by atoms with Gasteiger partial charge in [0.25, 0.3) is 0 Å². The Labute approximate surface area is 202 Å². The molecular weight excluding hydrogens is 468 g/mol. The molecule has 0 saturated heterocycles. The molecule has 11 heteroatoms. The number of carbonyl (C=O) groups is 1. The number of nitrogens with zero attached hydrogens (tertiary/aromatic N) is 3. The van der Waals surface area contributed by atoms with Crippen LogP contribution in [0.3, 0.4) is 0 Å². The van der Waals surface area contributed by atoms with E-state index < -0.39 is 16.1 Å². The highest BCUT2D eigenvalue weighted by molar-refractivity contribution is 7.89. The van der Waals surface area contributed by atoms with Gasteiger partial charge in [0.1, 0.15) is 12.1 Å². The molecule has 35 heavy (non-hydrogen) atoms. The van der Waals surface area contributed by atoms with Crippen LogP contribution in [0.1, 0.15) is 5.56 Å². The van der Waals surface area contributed by atoms with Crippen molar-refractivity contribution < 1.29 is 17.9 Å². The summed E-state index contributed by atoms with van der Waals surface area (Å²) in [5.74, 6) is 0.995. The Kier molecular flexibility index (Phi) is 6.80. The Morgan fingerprint density at radius 2 is 1.71 bits per heavy atom. The van der Waals surface area contributed by atoms with Gasteiger partial charge in [0.15, 0.2) is 0 Å². The summed E-state index contributed by atoms with van der Waals surface area (Å²) in [6.45, 7) is 0.217. The molecule has 1 aromatic heterocycles. The number of benzene rings is 3. The first-order valence-electron chi connectivity index (χ1n) is 10.6. The number of fused-ring (bicyclic) bond motifs is 1. The predicted octanol–water partition coefficient (Wildman–Crippen LogP) is 3.46. The standard InChI is InChI=1S/C24H24N6O4S/c1-30(2)18-7-12-21-22(13-18)27-15-28-23(21)34-19-8-5-17(6-9-19)29-24(31)26-14-16-3-10-20(11-4-16)35(25,32)33/h3-13,15H,14H2,1-2H3,(H2,25,32,33)(H2,26,29,31). The van der Waals surface area contributed by atoms with E-state index in [4.69, 9.17) is 9.88 Å². The number of rotatable bonds is 7. The molecule has 0 unspecified atom stereocenters. The maximum Gasteiger partial charge on any atom is 0.319 e. The molecule has 180 valence electrons. The van der Waals surface area contributed by atoms with E-state index in [1.165, 1.54) is 18.5 Å². The first-order valence-corrected chi connectivity index (χ1v) is 12.1. The molecule has 4 N–H and O–H groups in total. The highest BCUT2D eigenvalue weighted by atomic mass is 32.2. The number of hydrogen-bond acceptors (Lipinski definition) is 7. The molecular formula is C24H24N6O4S. The summed E-state index contributed by atoms with van der Waals surface area (Å²) in [4.78, 5) is 22.8. The number of nitrogens with two attached hydrogens (primary N) is 1. The van der Waals surface area contributed by atoms with Gasteiger partial charge in [-0.3, -0.25) is 0 Å². The van der Waals surface area contributed by atoms with Crippen molar-refractivity contribution in [3.05, 3.63) is 78.6 Å². The molecule has 0 fully saturated rings. The molecule has 0 atom stereocenters. The fourth-order valence-electron chi connectivity index (χ4n) is 3.25. The zero-order valence-corrected chi connectivity index (χ0v) is 19.9. The Bertz CT molecular complexity index is 1460. The average Bonchev–Trinajstić information content (AvgIpc) is 2.83. The van der Waals surface area contributed by atoms with Gasteiger partial charge >= 0.3 is 6.03 Å². The summed E-state index contributed by atoms with van der Waals surface area (Å²) < 4.78 is 28.6. The summed E-state index contributed by atoms with van der Waals surface area (Å²) >= 11 is 0. The topological polar surface area (TPSA) is 140 Å². The van der Waals surface area contributed by atoms with Gasteiger partial charge in [0, 0.05) is 32.0 Å². The van der Waals surface area contributed by atoms with E-state index in [0.717, 1.165) is 22.2 Å². The molecule has 0 radical (unpaired) electrons. The van der Waals surface area contributed by atoms with Gasteiger partial charge in [-0.1, -0.05) is 12.1 Å². The van der Waals surface area contributed by atoms with Crippen LogP contribution in [0, 0.1) is 0 Å². The zero-order valence-electron chi connectivity index (χ0n) is 19.1. The Balaban J connectivity index is 1.35. The molecule has 4 rings (SSSR count). The quantitative estimate of drug-likeness (QED) is 0.359. The number of hydrogen-bond donors (Lipinski definition) is 3. The average molecular weight is 493 g/mol. The van der Waals surface area contributed by atoms with E-state index in [1.54, 1.807) is 36.4 Å². The van der Waals surface area contributed by atoms with Crippen LogP contribution in [0.2, 0.25) is 0 Å². The molecule has 1 heterocycles. The van der Waals surface area contributed by atoms with Gasteiger partial charge < -0.3 is 20.3 Å². The van der Waals surface area contributed by atoms with Crippen molar-refractivity contribution in [2.45, 2.75) is 11.4 Å². The van der Waals surface area contributed by atoms with E-state index >= 15 is 0 Å². The summed E-state index contributed by atoms with van der Waals surface area (Å²) in [5.41, 5.74) is 3.10. The summed E-state index contributed by atoms with van der Waals surface area (Å²) in [7, 11) is 0.174. The second-order valence-corrected chi connectivity index (χ2v) is 9.46. The number of ether oxygens (including phenoxy) is 1. The monoisotopic (exact) mass is 492 g/mol. The smallest absolute Gasteiger partial charge is 0.319 e. The number of anilines is 2. The van der Waals surface area contributed by atoms with Crippen molar-refractivity contribution in [1.29, 1.82) is 0 Å². The molecule has 2 amide bonds. The summed E-state index contributed by atoms with van der Waals surface area (Å²) in [6.07, 6.45) is 1.46. The maximum absolute atomic E-state index is 12.2. The second kappa shape index (κ2) is 9.95. The van der Waals surface area contributed by atoms with Crippen LogP contribution in [-0.2, 0) is 16.6 Å². The van der Waals surface area contributed by atoms with Crippen molar-refractivity contribution in [1.82, 2.24) is 15.3 Å². The number of sulfonamides is 1. The molecule has 0 saturated carbocycles. The number of urea groups is 1. The number of nitrogens with one attached hydrogen (secondary N) is 2. The molecule has 0 bridgehead atoms. The second-order valence-electron chi connectivity index (χ2n) is 7.90. The van der Waals surface area contributed by atoms with Crippen LogP contribution in [0.5, 0.6) is 11.6 Å². The lowest BCUT2D eigenvalue weighted by atomic mass is 10.2. The highest BCUT2D eigenvalue weighted by Crippen LogP contribution is 2.29. The van der Waals surface area contributed by atoms with Gasteiger partial charge in [-0.25, -0.2) is 28.3 Å². The fourth-order valence-corrected chi connectivity index (χ4v) is 3.77. The van der Waals surface area contributed by atoms with Crippen LogP contribution >= 0.6 is 0 Å². The molecule has 0 aliphatic rings. The van der Waals surface area contributed by atoms with Gasteiger partial charge in [-0.15, -0.1) is 0 Å². The van der Waals surface area contributed by atoms with Gasteiger partial charge in [-0.05, 0) is 60.2 Å². The third-order valence-electron chi connectivity index (χ3n) is 5.13. The number of carbonyl (C=O) groups excluding carboxylic acids is 1. The molecule has 0 aliphatic heterocycles. The van der Waals surface area contributed by atoms with Crippen molar-refractivity contribution in [3.63, 3.8) is 0 Å². The molecule has 0 aliphatic carbocycles. The van der Waals surface area contributed by atoms with Crippen LogP contribution in [0.25, 0.3) is 10.9 Å². The Morgan fingerprint density at radius 3 is 2.37 bits per heavy atom. The summed E-state index contributed by atoms with van der Waals surface area (Å²) in [5, 5.41) is 11.3. The minimum atomic E-state index is -3.75. The Morgan fingerprint density at radius 1 is 1.00 bits per heavy atom. The first-order chi connectivity index (χ1) is 16.7. The normalized spacial score (nSPS) is 11.2. The minimum absolute atomic E-state index is 0.0151. The van der Waals surface area contributed by atoms with E-state index in [9.17, 15) is 13.2 Å². The Hall–Kier alpha value is -4.22. The zero-order chi connectivity index (χ0) is 25.0. The number of aromatic nitrogens is 2. The lowest BCUT2D eigenvalue weighted by Crippen LogP contribution is -2.28. The van der Waals surface area contributed by atoms with Crippen molar-refractivity contribution in [3.8, 4) is 11.6 Å². The van der Waals surface area contributed by atoms with E-state index in [2.05, 4.69) is 20.6 Å². The van der Waals surface area contributed by atoms with Crippen molar-refractivity contribution >= 4 is 38.3 Å². The van der Waals surface area contributed by atoms with Crippen LogP contribution in [-0.4, -0.2) is 38.5 Å². The lowest BCUT2D eigenvalue weighted by molar-refractivity contribution is 0.251. The lowest BCUT2D eigenvalue weighted by Gasteiger charge is -2.14. The van der Waals surface area contributed by atoms with Crippen molar-refractivity contribution in [2.24, 2.45) is 5.14 Å². The molecule has 3 aromatic carbocycles. The maximum atomic E-state index is 12.2. The minimum Gasteiger partial charge on any atom is -0.438 e. The van der Waals surface area contributed by atoms with E-state index in [0.29, 0.717) is 17.3 Å². The first kappa shape index (κ1) is 23.9. The number of amides is 2. The van der Waals surface area contributed by atoms with E-state index in [1.807, 2.05) is 37.2 Å². The molecule has 4 aromatic rings. The largest absolute Gasteiger partial charge is 0.438 e. The summed E-state index contributed by atoms with van der Waals surface area (Å²) in [6, 6.07) is 18.3.